The Morgan fingerprint density at radius 3 is 2.65 bits per heavy atom. The quantitative estimate of drug-likeness (QED) is 0.528. The van der Waals surface area contributed by atoms with Crippen molar-refractivity contribution in [3.63, 3.8) is 0 Å². The number of benzene rings is 2. The maximum atomic E-state index is 12.4. The normalized spacial score (nSPS) is 15.4. The number of hydrogen-bond acceptors (Lipinski definition) is 9. The third-order valence-electron chi connectivity index (χ3n) is 4.61. The molecular formula is C22H23N5O4. The smallest absolute Gasteiger partial charge is 0.338 e. The van der Waals surface area contributed by atoms with Crippen LogP contribution in [0.4, 0.5) is 17.6 Å². The van der Waals surface area contributed by atoms with Crippen LogP contribution in [0.1, 0.15) is 29.0 Å². The van der Waals surface area contributed by atoms with Gasteiger partial charge in [0.15, 0.2) is 12.4 Å². The fourth-order valence-electron chi connectivity index (χ4n) is 3.07. The van der Waals surface area contributed by atoms with Crippen LogP contribution in [-0.2, 0) is 16.1 Å². The molecule has 0 radical (unpaired) electrons. The van der Waals surface area contributed by atoms with Crippen molar-refractivity contribution < 1.29 is 19.0 Å². The summed E-state index contributed by atoms with van der Waals surface area (Å²) in [4.78, 5) is 24.7. The molecule has 0 aliphatic carbocycles. The Hall–Kier alpha value is -3.72. The van der Waals surface area contributed by atoms with Crippen LogP contribution in [0.25, 0.3) is 0 Å². The highest BCUT2D eigenvalue weighted by molar-refractivity contribution is 5.89. The van der Waals surface area contributed by atoms with Gasteiger partial charge in [-0.25, -0.2) is 4.79 Å². The van der Waals surface area contributed by atoms with Gasteiger partial charge < -0.3 is 25.3 Å². The van der Waals surface area contributed by atoms with Crippen LogP contribution in [0.2, 0.25) is 0 Å². The number of nitrogens with two attached hydrogens (primary N) is 1. The van der Waals surface area contributed by atoms with Crippen molar-refractivity contribution in [1.82, 2.24) is 15.0 Å². The molecule has 160 valence electrons. The lowest BCUT2D eigenvalue weighted by Gasteiger charge is -2.11. The lowest BCUT2D eigenvalue weighted by molar-refractivity contribution is 0.0461. The molecule has 0 saturated carbocycles. The molecule has 1 aliphatic rings. The minimum atomic E-state index is -0.498. The zero-order valence-corrected chi connectivity index (χ0v) is 16.9. The topological polar surface area (TPSA) is 121 Å². The molecule has 3 aromatic rings. The number of nitrogen functional groups attached to an aromatic ring is 1. The molecule has 1 saturated heterocycles. The number of rotatable bonds is 8. The highest BCUT2D eigenvalue weighted by Gasteiger charge is 2.16. The Bertz CT molecular complexity index is 1010. The Morgan fingerprint density at radius 2 is 1.90 bits per heavy atom. The van der Waals surface area contributed by atoms with Gasteiger partial charge in [0.05, 0.1) is 11.7 Å². The molecule has 1 aliphatic heterocycles. The van der Waals surface area contributed by atoms with Gasteiger partial charge in [-0.05, 0) is 49.2 Å². The van der Waals surface area contributed by atoms with Crippen LogP contribution in [-0.4, -0.2) is 40.2 Å². The van der Waals surface area contributed by atoms with E-state index in [4.69, 9.17) is 19.9 Å². The number of esters is 1. The van der Waals surface area contributed by atoms with Crippen molar-refractivity contribution >= 4 is 23.6 Å². The predicted octanol–water partition coefficient (Wildman–Crippen LogP) is 3.11. The van der Waals surface area contributed by atoms with E-state index in [2.05, 4.69) is 20.3 Å². The van der Waals surface area contributed by atoms with E-state index in [0.29, 0.717) is 17.9 Å². The van der Waals surface area contributed by atoms with Crippen molar-refractivity contribution in [2.45, 2.75) is 25.6 Å². The molecule has 9 heteroatoms. The van der Waals surface area contributed by atoms with E-state index in [1.54, 1.807) is 24.3 Å². The van der Waals surface area contributed by atoms with E-state index in [1.807, 2.05) is 30.3 Å². The molecular weight excluding hydrogens is 398 g/mol. The van der Waals surface area contributed by atoms with Gasteiger partial charge in [0.25, 0.3) is 0 Å². The van der Waals surface area contributed by atoms with E-state index in [9.17, 15) is 4.79 Å². The molecule has 1 atom stereocenters. The Balaban J connectivity index is 1.31. The minimum Gasteiger partial charge on any atom is -0.491 e. The molecule has 3 N–H and O–H groups in total. The van der Waals surface area contributed by atoms with Gasteiger partial charge in [0, 0.05) is 12.3 Å². The predicted molar refractivity (Wildman–Crippen MR) is 114 cm³/mol. The summed E-state index contributed by atoms with van der Waals surface area (Å²) in [6, 6.07) is 16.2. The first-order valence-electron chi connectivity index (χ1n) is 10.00. The number of nitrogens with one attached hydrogen (secondary N) is 1. The van der Waals surface area contributed by atoms with Gasteiger partial charge >= 0.3 is 5.97 Å². The van der Waals surface area contributed by atoms with Crippen LogP contribution in [0.15, 0.2) is 54.6 Å². The summed E-state index contributed by atoms with van der Waals surface area (Å²) in [6.45, 7) is 1.16. The first-order valence-corrected chi connectivity index (χ1v) is 10.00. The lowest BCUT2D eigenvalue weighted by Crippen LogP contribution is -2.16. The molecule has 0 spiro atoms. The number of anilines is 3. The standard InChI is InChI=1S/C22H23N5O4/c23-21-25-19(26-22(27-21)24-16-5-2-1-3-6-16)14-31-20(28)15-8-10-17(11-9-15)30-13-18-7-4-12-29-18/h1-3,5-6,8-11,18H,4,7,12-14H2,(H3,23,24,25,26,27). The number of para-hydroxylation sites is 1. The Morgan fingerprint density at radius 1 is 1.10 bits per heavy atom. The number of aromatic nitrogens is 3. The summed E-state index contributed by atoms with van der Waals surface area (Å²) in [5.41, 5.74) is 6.96. The highest BCUT2D eigenvalue weighted by atomic mass is 16.5. The molecule has 2 aromatic carbocycles. The number of hydrogen-bond donors (Lipinski definition) is 2. The van der Waals surface area contributed by atoms with Crippen LogP contribution >= 0.6 is 0 Å². The summed E-state index contributed by atoms with van der Waals surface area (Å²) >= 11 is 0. The van der Waals surface area contributed by atoms with Gasteiger partial charge in [-0.1, -0.05) is 18.2 Å². The second-order valence-electron chi connectivity index (χ2n) is 6.97. The Kier molecular flexibility index (Phi) is 6.53. The Labute approximate surface area is 179 Å². The summed E-state index contributed by atoms with van der Waals surface area (Å²) < 4.78 is 16.6. The molecule has 0 bridgehead atoms. The maximum absolute atomic E-state index is 12.4. The second kappa shape index (κ2) is 9.86. The fraction of sp³-hybridized carbons (Fsp3) is 0.273. The van der Waals surface area contributed by atoms with Crippen LogP contribution < -0.4 is 15.8 Å². The van der Waals surface area contributed by atoms with Crippen molar-refractivity contribution in [3.05, 3.63) is 66.0 Å². The first-order chi connectivity index (χ1) is 15.2. The molecule has 31 heavy (non-hydrogen) atoms. The van der Waals surface area contributed by atoms with Crippen molar-refractivity contribution in [2.24, 2.45) is 0 Å². The minimum absolute atomic E-state index is 0.0345. The van der Waals surface area contributed by atoms with E-state index < -0.39 is 5.97 Å². The largest absolute Gasteiger partial charge is 0.491 e. The molecule has 2 heterocycles. The third-order valence-corrected chi connectivity index (χ3v) is 4.61. The summed E-state index contributed by atoms with van der Waals surface area (Å²) in [5.74, 6) is 0.733. The first kappa shape index (κ1) is 20.5. The molecule has 1 fully saturated rings. The fourth-order valence-corrected chi connectivity index (χ4v) is 3.07. The monoisotopic (exact) mass is 421 g/mol. The third kappa shape index (κ3) is 5.89. The van der Waals surface area contributed by atoms with Crippen LogP contribution in [0.5, 0.6) is 5.75 Å². The molecule has 9 nitrogen and oxygen atoms in total. The van der Waals surface area contributed by atoms with Gasteiger partial charge in [0.2, 0.25) is 11.9 Å². The SMILES string of the molecule is Nc1nc(COC(=O)c2ccc(OCC3CCCO3)cc2)nc(Nc2ccccc2)n1. The molecule has 1 unspecified atom stereocenters. The van der Waals surface area contributed by atoms with Crippen LogP contribution in [0, 0.1) is 0 Å². The van der Waals surface area contributed by atoms with E-state index >= 15 is 0 Å². The number of carbonyl (C=O) groups excluding carboxylic acids is 1. The van der Waals surface area contributed by atoms with E-state index in [0.717, 1.165) is 25.1 Å². The van der Waals surface area contributed by atoms with Crippen LogP contribution in [0.3, 0.4) is 0 Å². The lowest BCUT2D eigenvalue weighted by atomic mass is 10.2. The van der Waals surface area contributed by atoms with Gasteiger partial charge in [-0.3, -0.25) is 0 Å². The zero-order chi connectivity index (χ0) is 21.5. The number of nitrogens with zero attached hydrogens (tertiary/aromatic N) is 3. The average molecular weight is 421 g/mol. The van der Waals surface area contributed by atoms with Gasteiger partial charge in [0.1, 0.15) is 12.4 Å². The average Bonchev–Trinajstić information content (AvgIpc) is 3.30. The van der Waals surface area contributed by atoms with Gasteiger partial charge in [-0.15, -0.1) is 0 Å². The van der Waals surface area contributed by atoms with Gasteiger partial charge in [-0.2, -0.15) is 15.0 Å². The van der Waals surface area contributed by atoms with Crippen molar-refractivity contribution in [3.8, 4) is 5.75 Å². The summed E-state index contributed by atoms with van der Waals surface area (Å²) in [7, 11) is 0. The zero-order valence-electron chi connectivity index (χ0n) is 16.9. The van der Waals surface area contributed by atoms with Crippen molar-refractivity contribution in [1.29, 1.82) is 0 Å². The van der Waals surface area contributed by atoms with Crippen molar-refractivity contribution in [2.75, 3.05) is 24.3 Å². The number of carbonyl (C=O) groups is 1. The molecule has 0 amide bonds. The second-order valence-corrected chi connectivity index (χ2v) is 6.97. The number of ether oxygens (including phenoxy) is 3. The van der Waals surface area contributed by atoms with E-state index in [-0.39, 0.29) is 30.4 Å². The maximum Gasteiger partial charge on any atom is 0.338 e. The molecule has 4 rings (SSSR count). The summed E-state index contributed by atoms with van der Waals surface area (Å²) in [5, 5.41) is 3.04. The van der Waals surface area contributed by atoms with E-state index in [1.165, 1.54) is 0 Å². The molecule has 1 aromatic heterocycles. The highest BCUT2D eigenvalue weighted by Crippen LogP contribution is 2.18. The summed E-state index contributed by atoms with van der Waals surface area (Å²) in [6.07, 6.45) is 2.21.